The number of rotatable bonds is 9. The number of ether oxygens (including phenoxy) is 1. The van der Waals surface area contributed by atoms with E-state index in [9.17, 15) is 4.79 Å². The molecule has 0 aliphatic rings. The van der Waals surface area contributed by atoms with Gasteiger partial charge in [-0.1, -0.05) is 11.8 Å². The molecule has 0 fully saturated rings. The molecule has 0 saturated carbocycles. The summed E-state index contributed by atoms with van der Waals surface area (Å²) in [5.74, 6) is -0.808. The van der Waals surface area contributed by atoms with Gasteiger partial charge in [0.2, 0.25) is 0 Å². The second kappa shape index (κ2) is 8.19. The number of carboxylic acids is 1. The van der Waals surface area contributed by atoms with Gasteiger partial charge in [-0.05, 0) is 21.0 Å². The molecule has 0 aliphatic carbocycles. The van der Waals surface area contributed by atoms with Gasteiger partial charge in [0.05, 0.1) is 24.7 Å². The number of likely N-dealkylation sites (N-methyl/N-ethyl adjacent to an activating group) is 1. The highest BCUT2D eigenvalue weighted by molar-refractivity contribution is 7.99. The third kappa shape index (κ3) is 6.60. The number of thioether (sulfide) groups is 1. The highest BCUT2D eigenvalue weighted by Gasteiger charge is 2.08. The summed E-state index contributed by atoms with van der Waals surface area (Å²) in [6, 6.07) is 0. The molecule has 0 saturated heterocycles. The number of carboxylic acid groups (broad SMARTS) is 1. The van der Waals surface area contributed by atoms with E-state index in [1.807, 2.05) is 31.8 Å². The number of aryl methyl sites for hydroxylation is 1. The molecule has 108 valence electrons. The molecule has 1 aromatic heterocycles. The maximum absolute atomic E-state index is 10.6. The lowest BCUT2D eigenvalue weighted by atomic mass is 10.5. The molecule has 1 aromatic rings. The van der Waals surface area contributed by atoms with Crippen LogP contribution < -0.4 is 0 Å². The highest BCUT2D eigenvalue weighted by atomic mass is 32.2. The molecular formula is C12H21N3O3S. The molecule has 0 atom stereocenters. The number of hydrogen-bond acceptors (Lipinski definition) is 5. The standard InChI is InChI=1S/C12H21N3O3S/c1-10-8-15(5-7-18-6-4-14(2)3)12(13-10)19-9-11(16)17/h8H,4-7,9H2,1-3H3,(H,16,17). The zero-order valence-corrected chi connectivity index (χ0v) is 12.4. The summed E-state index contributed by atoms with van der Waals surface area (Å²) in [5, 5.41) is 9.42. The van der Waals surface area contributed by atoms with Crippen molar-refractivity contribution in [3.05, 3.63) is 11.9 Å². The smallest absolute Gasteiger partial charge is 0.313 e. The van der Waals surface area contributed by atoms with E-state index in [4.69, 9.17) is 9.84 Å². The van der Waals surface area contributed by atoms with Gasteiger partial charge in [-0.25, -0.2) is 4.98 Å². The third-order valence-corrected chi connectivity index (χ3v) is 3.32. The van der Waals surface area contributed by atoms with Crippen molar-refractivity contribution in [2.45, 2.75) is 18.6 Å². The first kappa shape index (κ1) is 16.0. The van der Waals surface area contributed by atoms with Gasteiger partial charge < -0.3 is 19.3 Å². The third-order valence-electron chi connectivity index (χ3n) is 2.34. The summed E-state index contributed by atoms with van der Waals surface area (Å²) >= 11 is 1.23. The van der Waals surface area contributed by atoms with Crippen molar-refractivity contribution in [1.82, 2.24) is 14.5 Å². The summed E-state index contributed by atoms with van der Waals surface area (Å²) in [6.45, 7) is 4.77. The summed E-state index contributed by atoms with van der Waals surface area (Å²) in [7, 11) is 4.01. The van der Waals surface area contributed by atoms with Crippen LogP contribution in [0.3, 0.4) is 0 Å². The molecule has 0 aromatic carbocycles. The van der Waals surface area contributed by atoms with E-state index >= 15 is 0 Å². The maximum Gasteiger partial charge on any atom is 0.313 e. The van der Waals surface area contributed by atoms with Crippen molar-refractivity contribution in [3.8, 4) is 0 Å². The minimum Gasteiger partial charge on any atom is -0.481 e. The number of aromatic nitrogens is 2. The van der Waals surface area contributed by atoms with E-state index in [1.165, 1.54) is 11.8 Å². The number of imidazole rings is 1. The molecule has 1 heterocycles. The van der Waals surface area contributed by atoms with Gasteiger partial charge in [-0.15, -0.1) is 0 Å². The van der Waals surface area contributed by atoms with E-state index in [2.05, 4.69) is 9.88 Å². The second-order valence-corrected chi connectivity index (χ2v) is 5.40. The predicted octanol–water partition coefficient (Wildman–Crippen LogP) is 0.946. The van der Waals surface area contributed by atoms with Crippen molar-refractivity contribution >= 4 is 17.7 Å². The molecule has 7 heteroatoms. The monoisotopic (exact) mass is 287 g/mol. The van der Waals surface area contributed by atoms with E-state index in [0.717, 1.165) is 17.4 Å². The fourth-order valence-electron chi connectivity index (χ4n) is 1.44. The minimum absolute atomic E-state index is 0.0257. The van der Waals surface area contributed by atoms with Crippen molar-refractivity contribution in [2.75, 3.05) is 39.6 Å². The van der Waals surface area contributed by atoms with Gasteiger partial charge in [0.25, 0.3) is 0 Å². The normalized spacial score (nSPS) is 11.2. The summed E-state index contributed by atoms with van der Waals surface area (Å²) in [5.41, 5.74) is 0.890. The molecule has 0 aliphatic heterocycles. The van der Waals surface area contributed by atoms with Crippen LogP contribution in [0, 0.1) is 6.92 Å². The molecule has 19 heavy (non-hydrogen) atoms. The Kier molecular flexibility index (Phi) is 6.90. The zero-order valence-electron chi connectivity index (χ0n) is 11.6. The van der Waals surface area contributed by atoms with Gasteiger partial charge in [-0.2, -0.15) is 0 Å². The average molecular weight is 287 g/mol. The quantitative estimate of drug-likeness (QED) is 0.539. The summed E-state index contributed by atoms with van der Waals surface area (Å²) in [6.07, 6.45) is 1.92. The van der Waals surface area contributed by atoms with Crippen molar-refractivity contribution in [1.29, 1.82) is 0 Å². The first-order valence-electron chi connectivity index (χ1n) is 6.10. The maximum atomic E-state index is 10.6. The highest BCUT2D eigenvalue weighted by Crippen LogP contribution is 2.17. The number of aliphatic carboxylic acids is 1. The largest absolute Gasteiger partial charge is 0.481 e. The van der Waals surface area contributed by atoms with E-state index in [-0.39, 0.29) is 5.75 Å². The van der Waals surface area contributed by atoms with Crippen molar-refractivity contribution in [3.63, 3.8) is 0 Å². The van der Waals surface area contributed by atoms with Crippen LogP contribution in [-0.2, 0) is 16.1 Å². The first-order chi connectivity index (χ1) is 8.99. The SMILES string of the molecule is Cc1cn(CCOCCN(C)C)c(SCC(=O)O)n1. The number of hydrogen-bond donors (Lipinski definition) is 1. The van der Waals surface area contributed by atoms with Crippen LogP contribution >= 0.6 is 11.8 Å². The average Bonchev–Trinajstić information content (AvgIpc) is 2.66. The molecular weight excluding hydrogens is 266 g/mol. The fraction of sp³-hybridized carbons (Fsp3) is 0.667. The lowest BCUT2D eigenvalue weighted by Crippen LogP contribution is -2.19. The molecule has 6 nitrogen and oxygen atoms in total. The van der Waals surface area contributed by atoms with Gasteiger partial charge in [0.1, 0.15) is 0 Å². The minimum atomic E-state index is -0.834. The Morgan fingerprint density at radius 3 is 2.89 bits per heavy atom. The van der Waals surface area contributed by atoms with Gasteiger partial charge >= 0.3 is 5.97 Å². The van der Waals surface area contributed by atoms with Crippen molar-refractivity contribution < 1.29 is 14.6 Å². The molecule has 1 rings (SSSR count). The van der Waals surface area contributed by atoms with Gasteiger partial charge in [0, 0.05) is 19.3 Å². The van der Waals surface area contributed by atoms with Gasteiger partial charge in [-0.3, -0.25) is 4.79 Å². The number of carbonyl (C=O) groups is 1. The van der Waals surface area contributed by atoms with E-state index in [0.29, 0.717) is 19.8 Å². The second-order valence-electron chi connectivity index (χ2n) is 4.46. The Hall–Kier alpha value is -1.05. The molecule has 1 N–H and O–H groups in total. The fourth-order valence-corrected chi connectivity index (χ4v) is 2.21. The molecule has 0 bridgehead atoms. The van der Waals surface area contributed by atoms with Crippen molar-refractivity contribution in [2.24, 2.45) is 0 Å². The van der Waals surface area contributed by atoms with Crippen LogP contribution in [0.15, 0.2) is 11.4 Å². The van der Waals surface area contributed by atoms with Crippen LogP contribution in [-0.4, -0.2) is 65.1 Å². The van der Waals surface area contributed by atoms with Crippen LogP contribution in [0.4, 0.5) is 0 Å². The zero-order chi connectivity index (χ0) is 14.3. The number of nitrogens with zero attached hydrogens (tertiary/aromatic N) is 3. The molecule has 0 unspecified atom stereocenters. The first-order valence-corrected chi connectivity index (χ1v) is 7.08. The Morgan fingerprint density at radius 2 is 2.26 bits per heavy atom. The molecule has 0 amide bonds. The summed E-state index contributed by atoms with van der Waals surface area (Å²) in [4.78, 5) is 16.9. The van der Waals surface area contributed by atoms with Crippen LogP contribution in [0.2, 0.25) is 0 Å². The lowest BCUT2D eigenvalue weighted by molar-refractivity contribution is -0.133. The van der Waals surface area contributed by atoms with Gasteiger partial charge in [0.15, 0.2) is 5.16 Å². The van der Waals surface area contributed by atoms with E-state index in [1.54, 1.807) is 0 Å². The Balaban J connectivity index is 2.37. The Morgan fingerprint density at radius 1 is 1.53 bits per heavy atom. The predicted molar refractivity (Wildman–Crippen MR) is 74.7 cm³/mol. The Bertz CT molecular complexity index is 407. The molecule has 0 spiro atoms. The topological polar surface area (TPSA) is 67.6 Å². The summed E-state index contributed by atoms with van der Waals surface area (Å²) < 4.78 is 7.47. The van der Waals surface area contributed by atoms with E-state index < -0.39 is 5.97 Å². The van der Waals surface area contributed by atoms with Crippen LogP contribution in [0.25, 0.3) is 0 Å². The lowest BCUT2D eigenvalue weighted by Gasteiger charge is -2.10. The van der Waals surface area contributed by atoms with Crippen LogP contribution in [0.1, 0.15) is 5.69 Å². The molecule has 0 radical (unpaired) electrons. The Labute approximate surface area is 117 Å². The van der Waals surface area contributed by atoms with Crippen LogP contribution in [0.5, 0.6) is 0 Å².